The van der Waals surface area contributed by atoms with Crippen LogP contribution in [0.1, 0.15) is 17.4 Å². The summed E-state index contributed by atoms with van der Waals surface area (Å²) in [6.45, 7) is 2.47. The highest BCUT2D eigenvalue weighted by Crippen LogP contribution is 2.01. The monoisotopic (exact) mass is 261 g/mol. The van der Waals surface area contributed by atoms with Crippen LogP contribution in [0, 0.1) is 0 Å². The van der Waals surface area contributed by atoms with Crippen LogP contribution in [0.15, 0.2) is 30.9 Å². The number of hydrogen-bond acceptors (Lipinski definition) is 6. The van der Waals surface area contributed by atoms with Crippen molar-refractivity contribution < 1.29 is 4.79 Å². The Morgan fingerprint density at radius 2 is 2.37 bits per heavy atom. The minimum atomic E-state index is -0.302. The van der Waals surface area contributed by atoms with Crippen LogP contribution in [-0.2, 0) is 6.54 Å². The van der Waals surface area contributed by atoms with Crippen molar-refractivity contribution in [2.45, 2.75) is 19.5 Å². The summed E-state index contributed by atoms with van der Waals surface area (Å²) in [5.74, 6) is 5.25. The van der Waals surface area contributed by atoms with Gasteiger partial charge in [-0.25, -0.2) is 10.8 Å². The van der Waals surface area contributed by atoms with Crippen molar-refractivity contribution >= 4 is 11.7 Å². The van der Waals surface area contributed by atoms with Gasteiger partial charge in [-0.1, -0.05) is 0 Å². The number of anilines is 1. The first-order chi connectivity index (χ1) is 9.19. The summed E-state index contributed by atoms with van der Waals surface area (Å²) in [6, 6.07) is 1.75. The number of carbonyl (C=O) groups is 1. The predicted molar refractivity (Wildman–Crippen MR) is 69.0 cm³/mol. The molecule has 19 heavy (non-hydrogen) atoms. The molecule has 8 nitrogen and oxygen atoms in total. The van der Waals surface area contributed by atoms with Crippen molar-refractivity contribution in [1.82, 2.24) is 25.1 Å². The van der Waals surface area contributed by atoms with Gasteiger partial charge >= 0.3 is 0 Å². The lowest BCUT2D eigenvalue weighted by molar-refractivity contribution is 0.0930. The second-order valence-corrected chi connectivity index (χ2v) is 4.04. The van der Waals surface area contributed by atoms with Crippen LogP contribution in [0.4, 0.5) is 5.82 Å². The lowest BCUT2D eigenvalue weighted by Gasteiger charge is -2.13. The Hall–Kier alpha value is -2.48. The van der Waals surface area contributed by atoms with Gasteiger partial charge in [-0.05, 0) is 13.0 Å². The van der Waals surface area contributed by atoms with Gasteiger partial charge in [0.15, 0.2) is 5.82 Å². The molecule has 2 heterocycles. The van der Waals surface area contributed by atoms with E-state index >= 15 is 0 Å². The molecule has 100 valence electrons. The minimum Gasteiger partial charge on any atom is -0.346 e. The Balaban J connectivity index is 1.96. The molecule has 0 saturated carbocycles. The number of nitrogen functional groups attached to an aromatic ring is 1. The first kappa shape index (κ1) is 13.0. The van der Waals surface area contributed by atoms with E-state index in [1.165, 1.54) is 12.4 Å². The highest BCUT2D eigenvalue weighted by Gasteiger charge is 2.12. The van der Waals surface area contributed by atoms with Crippen LogP contribution in [0.3, 0.4) is 0 Å². The second kappa shape index (κ2) is 5.91. The molecule has 0 aliphatic carbocycles. The molecular formula is C11H15N7O. The maximum atomic E-state index is 11.9. The molecule has 0 aliphatic heterocycles. The van der Waals surface area contributed by atoms with E-state index in [4.69, 9.17) is 5.84 Å². The molecule has 1 unspecified atom stereocenters. The van der Waals surface area contributed by atoms with Crippen LogP contribution < -0.4 is 16.6 Å². The Bertz CT molecular complexity index is 540. The summed E-state index contributed by atoms with van der Waals surface area (Å²) >= 11 is 0. The number of carbonyl (C=O) groups excluding carboxylic acids is 1. The summed E-state index contributed by atoms with van der Waals surface area (Å²) in [5.41, 5.74) is 2.56. The molecular weight excluding hydrogens is 246 g/mol. The van der Waals surface area contributed by atoms with E-state index in [9.17, 15) is 4.79 Å². The molecule has 0 aliphatic rings. The molecule has 0 fully saturated rings. The molecule has 1 atom stereocenters. The number of amides is 1. The van der Waals surface area contributed by atoms with Crippen molar-refractivity contribution in [3.8, 4) is 0 Å². The average Bonchev–Trinajstić information content (AvgIpc) is 2.91. The fraction of sp³-hybridized carbons (Fsp3) is 0.273. The Kier molecular flexibility index (Phi) is 4.04. The average molecular weight is 261 g/mol. The maximum absolute atomic E-state index is 11.9. The number of aromatic nitrogens is 4. The number of hydrogen-bond donors (Lipinski definition) is 3. The highest BCUT2D eigenvalue weighted by molar-refractivity contribution is 5.92. The normalized spacial score (nSPS) is 11.9. The fourth-order valence-corrected chi connectivity index (χ4v) is 1.58. The fourth-order valence-electron chi connectivity index (χ4n) is 1.58. The number of nitrogens with one attached hydrogen (secondary N) is 2. The van der Waals surface area contributed by atoms with E-state index in [-0.39, 0.29) is 17.6 Å². The first-order valence-electron chi connectivity index (χ1n) is 5.76. The number of rotatable bonds is 5. The van der Waals surface area contributed by atoms with E-state index < -0.39 is 0 Å². The molecule has 0 spiro atoms. The van der Waals surface area contributed by atoms with Crippen molar-refractivity contribution in [3.05, 3.63) is 36.5 Å². The topological polar surface area (TPSA) is 111 Å². The standard InChI is InChI=1S/C11H15N7O/c1-8(7-18-4-2-3-14-18)15-11(19)9-5-13-6-10(16-9)17-12/h2-6,8H,7,12H2,1H3,(H,15,19)(H,16,17). The molecule has 0 saturated heterocycles. The van der Waals surface area contributed by atoms with Crippen molar-refractivity contribution in [2.75, 3.05) is 5.43 Å². The summed E-state index contributed by atoms with van der Waals surface area (Å²) in [6.07, 6.45) is 6.35. The van der Waals surface area contributed by atoms with Crippen LogP contribution in [0.5, 0.6) is 0 Å². The lowest BCUT2D eigenvalue weighted by Crippen LogP contribution is -2.36. The zero-order valence-corrected chi connectivity index (χ0v) is 10.4. The van der Waals surface area contributed by atoms with E-state index in [1.54, 1.807) is 10.9 Å². The molecule has 0 aromatic carbocycles. The Labute approximate surface area is 110 Å². The van der Waals surface area contributed by atoms with E-state index in [0.29, 0.717) is 12.4 Å². The summed E-state index contributed by atoms with van der Waals surface area (Å²) < 4.78 is 1.74. The van der Waals surface area contributed by atoms with Gasteiger partial charge in [0.05, 0.1) is 18.9 Å². The van der Waals surface area contributed by atoms with Crippen LogP contribution >= 0.6 is 0 Å². The van der Waals surface area contributed by atoms with E-state index in [1.807, 2.05) is 19.2 Å². The molecule has 2 aromatic rings. The van der Waals surface area contributed by atoms with Crippen LogP contribution in [0.25, 0.3) is 0 Å². The van der Waals surface area contributed by atoms with Crippen LogP contribution in [0.2, 0.25) is 0 Å². The third-order valence-electron chi connectivity index (χ3n) is 2.41. The van der Waals surface area contributed by atoms with Gasteiger partial charge in [0, 0.05) is 18.4 Å². The van der Waals surface area contributed by atoms with Gasteiger partial charge in [-0.2, -0.15) is 5.10 Å². The molecule has 0 bridgehead atoms. The number of hydrazine groups is 1. The Morgan fingerprint density at radius 3 is 3.05 bits per heavy atom. The predicted octanol–water partition coefficient (Wildman–Crippen LogP) is -0.223. The summed E-state index contributed by atoms with van der Waals surface area (Å²) in [4.78, 5) is 19.8. The van der Waals surface area contributed by atoms with Gasteiger partial charge in [0.1, 0.15) is 5.69 Å². The van der Waals surface area contributed by atoms with Gasteiger partial charge in [-0.3, -0.25) is 14.5 Å². The highest BCUT2D eigenvalue weighted by atomic mass is 16.2. The minimum absolute atomic E-state index is 0.0799. The Morgan fingerprint density at radius 1 is 1.53 bits per heavy atom. The molecule has 2 rings (SSSR count). The summed E-state index contributed by atoms with van der Waals surface area (Å²) in [7, 11) is 0. The molecule has 0 radical (unpaired) electrons. The smallest absolute Gasteiger partial charge is 0.271 e. The van der Waals surface area contributed by atoms with Gasteiger partial charge in [0.2, 0.25) is 0 Å². The molecule has 1 amide bonds. The SMILES string of the molecule is CC(Cn1cccn1)NC(=O)c1cncc(NN)n1. The van der Waals surface area contributed by atoms with Gasteiger partial charge < -0.3 is 10.7 Å². The maximum Gasteiger partial charge on any atom is 0.271 e. The number of nitrogens with two attached hydrogens (primary N) is 1. The molecule has 2 aromatic heterocycles. The van der Waals surface area contributed by atoms with Crippen molar-refractivity contribution in [1.29, 1.82) is 0 Å². The zero-order valence-electron chi connectivity index (χ0n) is 10.4. The molecule has 8 heteroatoms. The largest absolute Gasteiger partial charge is 0.346 e. The van der Waals surface area contributed by atoms with Gasteiger partial charge in [0.25, 0.3) is 5.91 Å². The lowest BCUT2D eigenvalue weighted by atomic mass is 10.3. The van der Waals surface area contributed by atoms with Gasteiger partial charge in [-0.15, -0.1) is 0 Å². The zero-order chi connectivity index (χ0) is 13.7. The third-order valence-corrected chi connectivity index (χ3v) is 2.41. The van der Waals surface area contributed by atoms with E-state index in [2.05, 4.69) is 25.8 Å². The number of nitrogens with zero attached hydrogens (tertiary/aromatic N) is 4. The van der Waals surface area contributed by atoms with E-state index in [0.717, 1.165) is 0 Å². The third kappa shape index (κ3) is 3.49. The molecule has 4 N–H and O–H groups in total. The van der Waals surface area contributed by atoms with Crippen molar-refractivity contribution in [2.24, 2.45) is 5.84 Å². The quantitative estimate of drug-likeness (QED) is 0.507. The van der Waals surface area contributed by atoms with Crippen molar-refractivity contribution in [3.63, 3.8) is 0 Å². The summed E-state index contributed by atoms with van der Waals surface area (Å²) in [5, 5.41) is 6.89. The second-order valence-electron chi connectivity index (χ2n) is 4.04. The first-order valence-corrected chi connectivity index (χ1v) is 5.76. The van der Waals surface area contributed by atoms with Crippen LogP contribution in [-0.4, -0.2) is 31.7 Å².